The minimum atomic E-state index is -0.934. The minimum absolute atomic E-state index is 0.0521. The number of amides is 1. The highest BCUT2D eigenvalue weighted by Crippen LogP contribution is 2.13. The van der Waals surface area contributed by atoms with Gasteiger partial charge in [0.25, 0.3) is 0 Å². The Kier molecular flexibility index (Phi) is 6.62. The van der Waals surface area contributed by atoms with Crippen LogP contribution in [0.25, 0.3) is 0 Å². The molecule has 2 rings (SSSR count). The van der Waals surface area contributed by atoms with Crippen LogP contribution in [0.5, 0.6) is 0 Å². The normalized spacial score (nSPS) is 10.5. The second kappa shape index (κ2) is 8.92. The Bertz CT molecular complexity index is 735. The largest absolute Gasteiger partial charge is 0.481 e. The lowest BCUT2D eigenvalue weighted by atomic mass is 10.1. The average Bonchev–Trinajstić information content (AvgIpc) is 2.57. The second-order valence-electron chi connectivity index (χ2n) is 5.71. The fourth-order valence-electron chi connectivity index (χ4n) is 2.46. The smallest absolute Gasteiger partial charge is 0.303 e. The number of carbonyl (C=O) groups is 2. The molecule has 0 radical (unpaired) electrons. The lowest BCUT2D eigenvalue weighted by Crippen LogP contribution is -2.33. The van der Waals surface area contributed by atoms with E-state index in [2.05, 4.69) is 0 Å². The lowest BCUT2D eigenvalue weighted by Gasteiger charge is -2.23. The van der Waals surface area contributed by atoms with E-state index < -0.39 is 17.6 Å². The molecule has 25 heavy (non-hydrogen) atoms. The molecule has 0 aliphatic carbocycles. The van der Waals surface area contributed by atoms with Gasteiger partial charge in [0, 0.05) is 25.6 Å². The molecule has 0 spiro atoms. The summed E-state index contributed by atoms with van der Waals surface area (Å²) in [5, 5.41) is 8.76. The number of hydrogen-bond acceptors (Lipinski definition) is 2. The van der Waals surface area contributed by atoms with Crippen molar-refractivity contribution in [3.8, 4) is 0 Å². The first-order chi connectivity index (χ1) is 12.0. The zero-order chi connectivity index (χ0) is 18.2. The summed E-state index contributed by atoms with van der Waals surface area (Å²) in [6.45, 7) is 0.560. The number of benzene rings is 2. The summed E-state index contributed by atoms with van der Waals surface area (Å²) in [5.41, 5.74) is 1.01. The highest BCUT2D eigenvalue weighted by molar-refractivity contribution is 5.79. The molecule has 0 saturated heterocycles. The average molecular weight is 347 g/mol. The van der Waals surface area contributed by atoms with Gasteiger partial charge in [-0.1, -0.05) is 36.4 Å². The standard InChI is InChI=1S/C19H19F2NO3/c20-16-9-8-15(17(21)12-16)11-18(23)22(10-4-7-19(24)25)13-14-5-2-1-3-6-14/h1-3,5-6,8-9,12H,4,7,10-11,13H2,(H,24,25). The van der Waals surface area contributed by atoms with Crippen molar-refractivity contribution >= 4 is 11.9 Å². The molecular formula is C19H19F2NO3. The Morgan fingerprint density at radius 1 is 1.04 bits per heavy atom. The summed E-state index contributed by atoms with van der Waals surface area (Å²) in [6, 6.07) is 12.4. The van der Waals surface area contributed by atoms with Gasteiger partial charge in [0.05, 0.1) is 6.42 Å². The number of carboxylic acids is 1. The van der Waals surface area contributed by atoms with E-state index in [4.69, 9.17) is 5.11 Å². The Balaban J connectivity index is 2.09. The van der Waals surface area contributed by atoms with E-state index in [0.29, 0.717) is 13.0 Å². The van der Waals surface area contributed by atoms with Crippen LogP contribution < -0.4 is 0 Å². The van der Waals surface area contributed by atoms with Crippen molar-refractivity contribution in [1.29, 1.82) is 0 Å². The van der Waals surface area contributed by atoms with E-state index in [1.54, 1.807) is 0 Å². The van der Waals surface area contributed by atoms with Crippen molar-refractivity contribution in [2.75, 3.05) is 6.54 Å². The first kappa shape index (κ1) is 18.6. The maximum Gasteiger partial charge on any atom is 0.303 e. The van der Waals surface area contributed by atoms with Gasteiger partial charge < -0.3 is 10.0 Å². The maximum atomic E-state index is 13.8. The van der Waals surface area contributed by atoms with E-state index in [1.165, 1.54) is 11.0 Å². The van der Waals surface area contributed by atoms with Crippen LogP contribution in [-0.2, 0) is 22.6 Å². The predicted molar refractivity (Wildman–Crippen MR) is 88.8 cm³/mol. The van der Waals surface area contributed by atoms with Gasteiger partial charge in [0.1, 0.15) is 11.6 Å². The fraction of sp³-hybridized carbons (Fsp3) is 0.263. The second-order valence-corrected chi connectivity index (χ2v) is 5.71. The summed E-state index contributed by atoms with van der Waals surface area (Å²) in [7, 11) is 0. The van der Waals surface area contributed by atoms with Crippen molar-refractivity contribution in [1.82, 2.24) is 4.90 Å². The summed E-state index contributed by atoms with van der Waals surface area (Å²) in [4.78, 5) is 24.7. The Hall–Kier alpha value is -2.76. The van der Waals surface area contributed by atoms with E-state index in [-0.39, 0.29) is 30.9 Å². The van der Waals surface area contributed by atoms with Crippen LogP contribution >= 0.6 is 0 Å². The molecule has 0 aliphatic heterocycles. The molecule has 0 aliphatic rings. The molecule has 0 fully saturated rings. The molecular weight excluding hydrogens is 328 g/mol. The molecule has 132 valence electrons. The molecule has 0 atom stereocenters. The van der Waals surface area contributed by atoms with Crippen molar-refractivity contribution in [3.63, 3.8) is 0 Å². The third-order valence-electron chi connectivity index (χ3n) is 3.74. The molecule has 0 unspecified atom stereocenters. The predicted octanol–water partition coefficient (Wildman–Crippen LogP) is 3.40. The molecule has 6 heteroatoms. The summed E-state index contributed by atoms with van der Waals surface area (Å²) in [5.74, 6) is -2.73. The molecule has 1 N–H and O–H groups in total. The summed E-state index contributed by atoms with van der Waals surface area (Å²) < 4.78 is 26.8. The van der Waals surface area contributed by atoms with Crippen LogP contribution in [0, 0.1) is 11.6 Å². The zero-order valence-electron chi connectivity index (χ0n) is 13.6. The van der Waals surface area contributed by atoms with Gasteiger partial charge in [0.15, 0.2) is 0 Å². The molecule has 0 bridgehead atoms. The van der Waals surface area contributed by atoms with E-state index in [9.17, 15) is 18.4 Å². The number of halogens is 2. The third kappa shape index (κ3) is 5.99. The van der Waals surface area contributed by atoms with E-state index >= 15 is 0 Å². The summed E-state index contributed by atoms with van der Waals surface area (Å²) >= 11 is 0. The summed E-state index contributed by atoms with van der Waals surface area (Å²) in [6.07, 6.45) is 0.0509. The lowest BCUT2D eigenvalue weighted by molar-refractivity contribution is -0.138. The molecule has 0 heterocycles. The van der Waals surface area contributed by atoms with Crippen LogP contribution in [0.3, 0.4) is 0 Å². The highest BCUT2D eigenvalue weighted by Gasteiger charge is 2.17. The SMILES string of the molecule is O=C(O)CCCN(Cc1ccccc1)C(=O)Cc1ccc(F)cc1F. The maximum absolute atomic E-state index is 13.8. The van der Waals surface area contributed by atoms with Crippen molar-refractivity contribution < 1.29 is 23.5 Å². The third-order valence-corrected chi connectivity index (χ3v) is 3.74. The minimum Gasteiger partial charge on any atom is -0.481 e. The molecule has 2 aromatic carbocycles. The number of rotatable bonds is 8. The topological polar surface area (TPSA) is 57.6 Å². The van der Waals surface area contributed by atoms with Crippen LogP contribution in [0.4, 0.5) is 8.78 Å². The number of hydrogen-bond donors (Lipinski definition) is 1. The Morgan fingerprint density at radius 2 is 1.76 bits per heavy atom. The monoisotopic (exact) mass is 347 g/mol. The van der Waals surface area contributed by atoms with Crippen molar-refractivity contribution in [3.05, 3.63) is 71.3 Å². The van der Waals surface area contributed by atoms with Crippen LogP contribution in [0.2, 0.25) is 0 Å². The van der Waals surface area contributed by atoms with Crippen LogP contribution in [-0.4, -0.2) is 28.4 Å². The Labute approximate surface area is 144 Å². The number of carboxylic acid groups (broad SMARTS) is 1. The molecule has 0 aromatic heterocycles. The fourth-order valence-corrected chi connectivity index (χ4v) is 2.46. The van der Waals surface area contributed by atoms with Gasteiger partial charge >= 0.3 is 5.97 Å². The van der Waals surface area contributed by atoms with Crippen LogP contribution in [0.15, 0.2) is 48.5 Å². The molecule has 4 nitrogen and oxygen atoms in total. The zero-order valence-corrected chi connectivity index (χ0v) is 13.6. The molecule has 0 saturated carbocycles. The van der Waals surface area contributed by atoms with Crippen molar-refractivity contribution in [2.45, 2.75) is 25.8 Å². The van der Waals surface area contributed by atoms with Gasteiger partial charge in [-0.05, 0) is 23.6 Å². The van der Waals surface area contributed by atoms with Gasteiger partial charge in [-0.2, -0.15) is 0 Å². The molecule has 1 amide bonds. The van der Waals surface area contributed by atoms with Gasteiger partial charge in [-0.15, -0.1) is 0 Å². The quantitative estimate of drug-likeness (QED) is 0.796. The molecule has 2 aromatic rings. The van der Waals surface area contributed by atoms with Crippen molar-refractivity contribution in [2.24, 2.45) is 0 Å². The van der Waals surface area contributed by atoms with Crippen LogP contribution in [0.1, 0.15) is 24.0 Å². The number of carbonyl (C=O) groups excluding carboxylic acids is 1. The van der Waals surface area contributed by atoms with E-state index in [1.807, 2.05) is 30.3 Å². The van der Waals surface area contributed by atoms with Gasteiger partial charge in [-0.3, -0.25) is 9.59 Å². The number of aliphatic carboxylic acids is 1. The Morgan fingerprint density at radius 3 is 2.40 bits per heavy atom. The first-order valence-corrected chi connectivity index (χ1v) is 7.93. The first-order valence-electron chi connectivity index (χ1n) is 7.93. The van der Waals surface area contributed by atoms with E-state index in [0.717, 1.165) is 17.7 Å². The van der Waals surface area contributed by atoms with Gasteiger partial charge in [-0.25, -0.2) is 8.78 Å². The highest BCUT2D eigenvalue weighted by atomic mass is 19.1. The number of nitrogens with zero attached hydrogens (tertiary/aromatic N) is 1. The van der Waals surface area contributed by atoms with Gasteiger partial charge in [0.2, 0.25) is 5.91 Å².